The third-order valence-corrected chi connectivity index (χ3v) is 7.47. The fourth-order valence-electron chi connectivity index (χ4n) is 5.82. The van der Waals surface area contributed by atoms with E-state index >= 15 is 0 Å². The summed E-state index contributed by atoms with van der Waals surface area (Å²) < 4.78 is 0. The van der Waals surface area contributed by atoms with Gasteiger partial charge in [0, 0.05) is 42.5 Å². The Hall–Kier alpha value is -2.52. The van der Waals surface area contributed by atoms with E-state index in [1.54, 1.807) is 0 Å². The van der Waals surface area contributed by atoms with E-state index in [1.807, 2.05) is 12.3 Å². The standard InChI is InChI=1S/C28H33N3/c1-2-9-22(10-3-1)11-8-16-28(21-29-20-23-12-6-7-18-30-23)17-15-27-25(19-28)24-13-4-5-14-26(24)31-27/h1-7,9-10,12,14,18,24-25,29H,8,11,13,15-17,19-21H2. The fraction of sp³-hybridized carbons (Fsp3) is 0.429. The molecule has 3 unspecified atom stereocenters. The van der Waals surface area contributed by atoms with Gasteiger partial charge in [-0.1, -0.05) is 48.6 Å². The molecule has 0 amide bonds. The van der Waals surface area contributed by atoms with Gasteiger partial charge in [-0.3, -0.25) is 9.98 Å². The lowest BCUT2D eigenvalue weighted by Gasteiger charge is -2.42. The summed E-state index contributed by atoms with van der Waals surface area (Å²) in [6.07, 6.45) is 17.2. The summed E-state index contributed by atoms with van der Waals surface area (Å²) in [6.45, 7) is 1.92. The predicted molar refractivity (Wildman–Crippen MR) is 128 cm³/mol. The molecule has 1 aliphatic heterocycles. The number of benzene rings is 1. The summed E-state index contributed by atoms with van der Waals surface area (Å²) in [5, 5.41) is 3.78. The number of nitrogens with zero attached hydrogens (tertiary/aromatic N) is 2. The van der Waals surface area contributed by atoms with Crippen molar-refractivity contribution in [3.05, 3.63) is 89.9 Å². The van der Waals surface area contributed by atoms with Crippen LogP contribution in [0.5, 0.6) is 0 Å². The van der Waals surface area contributed by atoms with Gasteiger partial charge in [0.15, 0.2) is 0 Å². The molecular formula is C28H33N3. The minimum Gasteiger partial charge on any atom is -0.311 e. The van der Waals surface area contributed by atoms with Crippen LogP contribution >= 0.6 is 0 Å². The van der Waals surface area contributed by atoms with Crippen molar-refractivity contribution in [1.82, 2.24) is 10.3 Å². The van der Waals surface area contributed by atoms with Gasteiger partial charge in [0.05, 0.1) is 5.69 Å². The monoisotopic (exact) mass is 411 g/mol. The van der Waals surface area contributed by atoms with E-state index in [-0.39, 0.29) is 0 Å². The number of aliphatic imine (C=N–C) groups is 1. The molecule has 1 N–H and O–H groups in total. The Morgan fingerprint density at radius 2 is 1.94 bits per heavy atom. The number of rotatable bonds is 8. The zero-order valence-electron chi connectivity index (χ0n) is 18.3. The quantitative estimate of drug-likeness (QED) is 0.587. The molecule has 0 radical (unpaired) electrons. The molecule has 160 valence electrons. The summed E-state index contributed by atoms with van der Waals surface area (Å²) in [7, 11) is 0. The molecule has 1 saturated carbocycles. The van der Waals surface area contributed by atoms with E-state index in [4.69, 9.17) is 4.99 Å². The lowest BCUT2D eigenvalue weighted by molar-refractivity contribution is 0.159. The maximum Gasteiger partial charge on any atom is 0.0541 e. The molecule has 1 aromatic carbocycles. The van der Waals surface area contributed by atoms with Gasteiger partial charge in [0.1, 0.15) is 0 Å². The van der Waals surface area contributed by atoms with Crippen LogP contribution in [0.1, 0.15) is 49.8 Å². The second-order valence-electron chi connectivity index (χ2n) is 9.54. The summed E-state index contributed by atoms with van der Waals surface area (Å²) >= 11 is 0. The third-order valence-electron chi connectivity index (χ3n) is 7.47. The Bertz CT molecular complexity index is 913. The number of pyridine rings is 1. The summed E-state index contributed by atoms with van der Waals surface area (Å²) in [6, 6.07) is 17.1. The van der Waals surface area contributed by atoms with Gasteiger partial charge in [0.25, 0.3) is 0 Å². The first-order valence-electron chi connectivity index (χ1n) is 11.9. The first-order chi connectivity index (χ1) is 15.3. The molecule has 0 saturated heterocycles. The number of fused-ring (bicyclic) bond motifs is 3. The van der Waals surface area contributed by atoms with Crippen molar-refractivity contribution < 1.29 is 0 Å². The molecule has 2 aromatic rings. The molecule has 3 aliphatic rings. The highest BCUT2D eigenvalue weighted by Gasteiger charge is 2.45. The smallest absolute Gasteiger partial charge is 0.0541 e. The maximum absolute atomic E-state index is 5.05. The van der Waals surface area contributed by atoms with Gasteiger partial charge in [0.2, 0.25) is 0 Å². The van der Waals surface area contributed by atoms with Gasteiger partial charge in [-0.05, 0) is 74.1 Å². The average molecular weight is 412 g/mol. The predicted octanol–water partition coefficient (Wildman–Crippen LogP) is 5.90. The molecule has 2 aliphatic carbocycles. The molecule has 0 bridgehead atoms. The van der Waals surface area contributed by atoms with Gasteiger partial charge in [-0.25, -0.2) is 0 Å². The van der Waals surface area contributed by atoms with Crippen molar-refractivity contribution in [1.29, 1.82) is 0 Å². The lowest BCUT2D eigenvalue weighted by atomic mass is 9.63. The minimum atomic E-state index is 0.351. The van der Waals surface area contributed by atoms with Crippen LogP contribution < -0.4 is 5.32 Å². The van der Waals surface area contributed by atoms with Crippen molar-refractivity contribution in [2.24, 2.45) is 22.2 Å². The van der Waals surface area contributed by atoms with Gasteiger partial charge < -0.3 is 5.32 Å². The molecule has 1 aromatic heterocycles. The number of hydrogen-bond donors (Lipinski definition) is 1. The molecule has 3 nitrogen and oxygen atoms in total. The number of aryl methyl sites for hydroxylation is 1. The lowest BCUT2D eigenvalue weighted by Crippen LogP contribution is -2.42. The highest BCUT2D eigenvalue weighted by molar-refractivity contribution is 5.91. The van der Waals surface area contributed by atoms with Crippen LogP contribution in [0.3, 0.4) is 0 Å². The Kier molecular flexibility index (Phi) is 6.13. The Labute approximate surface area is 186 Å². The van der Waals surface area contributed by atoms with Crippen LogP contribution in [0.2, 0.25) is 0 Å². The summed E-state index contributed by atoms with van der Waals surface area (Å²) in [5.41, 5.74) is 5.75. The van der Waals surface area contributed by atoms with Crippen molar-refractivity contribution >= 4 is 5.71 Å². The zero-order valence-corrected chi connectivity index (χ0v) is 18.3. The van der Waals surface area contributed by atoms with Crippen LogP contribution in [0.15, 0.2) is 83.6 Å². The highest BCUT2D eigenvalue weighted by Crippen LogP contribution is 2.50. The molecule has 2 heterocycles. The highest BCUT2D eigenvalue weighted by atomic mass is 14.9. The second kappa shape index (κ2) is 9.32. The van der Waals surface area contributed by atoms with E-state index in [0.717, 1.165) is 31.6 Å². The van der Waals surface area contributed by atoms with Crippen LogP contribution in [0.4, 0.5) is 0 Å². The molecule has 1 fully saturated rings. The fourth-order valence-corrected chi connectivity index (χ4v) is 5.82. The van der Waals surface area contributed by atoms with E-state index in [9.17, 15) is 0 Å². The molecule has 5 rings (SSSR count). The summed E-state index contributed by atoms with van der Waals surface area (Å²) in [4.78, 5) is 9.55. The average Bonchev–Trinajstić information content (AvgIpc) is 3.18. The van der Waals surface area contributed by atoms with E-state index in [1.165, 1.54) is 49.1 Å². The summed E-state index contributed by atoms with van der Waals surface area (Å²) in [5.74, 6) is 1.25. The van der Waals surface area contributed by atoms with Crippen LogP contribution in [0.25, 0.3) is 0 Å². The van der Waals surface area contributed by atoms with Crippen LogP contribution in [-0.2, 0) is 13.0 Å². The number of hydrogen-bond acceptors (Lipinski definition) is 3. The van der Waals surface area contributed by atoms with Gasteiger partial charge >= 0.3 is 0 Å². The van der Waals surface area contributed by atoms with Crippen molar-refractivity contribution in [2.75, 3.05) is 6.54 Å². The topological polar surface area (TPSA) is 37.3 Å². The molecule has 3 heteroatoms. The minimum absolute atomic E-state index is 0.351. The normalized spacial score (nSPS) is 26.7. The van der Waals surface area contributed by atoms with E-state index in [2.05, 4.69) is 71.0 Å². The molecule has 31 heavy (non-hydrogen) atoms. The van der Waals surface area contributed by atoms with Crippen LogP contribution in [-0.4, -0.2) is 17.2 Å². The number of nitrogens with one attached hydrogen (secondary N) is 1. The molecular weight excluding hydrogens is 378 g/mol. The van der Waals surface area contributed by atoms with Gasteiger partial charge in [-0.15, -0.1) is 0 Å². The second-order valence-corrected chi connectivity index (χ2v) is 9.54. The number of allylic oxidation sites excluding steroid dienone is 4. The van der Waals surface area contributed by atoms with Crippen molar-refractivity contribution in [2.45, 2.75) is 51.5 Å². The van der Waals surface area contributed by atoms with E-state index in [0.29, 0.717) is 17.3 Å². The first kappa shape index (κ1) is 20.4. The first-order valence-corrected chi connectivity index (χ1v) is 11.9. The maximum atomic E-state index is 5.05. The van der Waals surface area contributed by atoms with Crippen molar-refractivity contribution in [3.8, 4) is 0 Å². The van der Waals surface area contributed by atoms with E-state index < -0.39 is 0 Å². The SMILES string of the molecule is C1=CCC2C(=C1)N=C1CCC(CCCc3ccccc3)(CNCc3ccccn3)CC12. The Morgan fingerprint density at radius 3 is 2.81 bits per heavy atom. The van der Waals surface area contributed by atoms with Crippen LogP contribution in [0, 0.1) is 17.3 Å². The van der Waals surface area contributed by atoms with Crippen molar-refractivity contribution in [3.63, 3.8) is 0 Å². The molecule has 0 spiro atoms. The Morgan fingerprint density at radius 1 is 1.03 bits per heavy atom. The number of aromatic nitrogens is 1. The zero-order chi connectivity index (χ0) is 20.9. The Balaban J connectivity index is 1.27. The van der Waals surface area contributed by atoms with Gasteiger partial charge in [-0.2, -0.15) is 0 Å². The third kappa shape index (κ3) is 4.72. The largest absolute Gasteiger partial charge is 0.311 e. The molecule has 3 atom stereocenters.